The number of aryl methyl sites for hydroxylation is 3. The standard InChI is InChI=1S/C27H28ClN3O2/c1-19-9-11-21(12-10-19)27(32)29-18-26-30-24-7-3-4-8-25(24)31(26)15-5-6-16-33-22-13-14-23(28)20(2)17-22/h3-4,7-14,17H,5-6,15-16,18H2,1-2H3,(H,29,32). The van der Waals surface area contributed by atoms with Gasteiger partial charge in [0.25, 0.3) is 5.91 Å². The summed E-state index contributed by atoms with van der Waals surface area (Å²) in [6.45, 7) is 5.79. The maximum absolute atomic E-state index is 12.6. The van der Waals surface area contributed by atoms with Crippen LogP contribution in [0.3, 0.4) is 0 Å². The Hall–Kier alpha value is -3.31. The number of rotatable bonds is 9. The van der Waals surface area contributed by atoms with Crippen LogP contribution in [0.4, 0.5) is 0 Å². The maximum atomic E-state index is 12.6. The van der Waals surface area contributed by atoms with Crippen molar-refractivity contribution < 1.29 is 9.53 Å². The molecule has 0 unspecified atom stereocenters. The van der Waals surface area contributed by atoms with Crippen LogP contribution in [0.15, 0.2) is 66.7 Å². The molecule has 3 aromatic carbocycles. The van der Waals surface area contributed by atoms with Gasteiger partial charge in [-0.05, 0) is 74.7 Å². The van der Waals surface area contributed by atoms with Crippen LogP contribution in [-0.2, 0) is 13.1 Å². The number of amides is 1. The minimum Gasteiger partial charge on any atom is -0.494 e. The van der Waals surface area contributed by atoms with E-state index >= 15 is 0 Å². The minimum atomic E-state index is -0.0970. The van der Waals surface area contributed by atoms with E-state index in [0.717, 1.165) is 58.1 Å². The Balaban J connectivity index is 1.37. The molecule has 5 nitrogen and oxygen atoms in total. The number of hydrogen-bond donors (Lipinski definition) is 1. The normalized spacial score (nSPS) is 11.0. The lowest BCUT2D eigenvalue weighted by molar-refractivity contribution is 0.0949. The van der Waals surface area contributed by atoms with Crippen LogP contribution in [0.1, 0.15) is 40.2 Å². The van der Waals surface area contributed by atoms with E-state index in [4.69, 9.17) is 21.3 Å². The van der Waals surface area contributed by atoms with Crippen molar-refractivity contribution in [2.45, 2.75) is 39.8 Å². The van der Waals surface area contributed by atoms with Gasteiger partial charge < -0.3 is 14.6 Å². The molecule has 1 N–H and O–H groups in total. The SMILES string of the molecule is Cc1ccc(C(=O)NCc2nc3ccccc3n2CCCCOc2ccc(Cl)c(C)c2)cc1. The van der Waals surface area contributed by atoms with Crippen molar-refractivity contribution in [3.63, 3.8) is 0 Å². The van der Waals surface area contributed by atoms with Crippen molar-refractivity contribution in [3.05, 3.63) is 94.3 Å². The predicted molar refractivity (Wildman–Crippen MR) is 133 cm³/mol. The lowest BCUT2D eigenvalue weighted by Gasteiger charge is -2.11. The molecular formula is C27H28ClN3O2. The van der Waals surface area contributed by atoms with Gasteiger partial charge in [-0.3, -0.25) is 4.79 Å². The third-order valence-electron chi connectivity index (χ3n) is 5.63. The van der Waals surface area contributed by atoms with Crippen molar-refractivity contribution in [2.24, 2.45) is 0 Å². The van der Waals surface area contributed by atoms with Crippen molar-refractivity contribution in [2.75, 3.05) is 6.61 Å². The molecule has 0 fully saturated rings. The number of nitrogens with one attached hydrogen (secondary N) is 1. The molecule has 4 aromatic rings. The van der Waals surface area contributed by atoms with Crippen LogP contribution in [0.5, 0.6) is 5.75 Å². The van der Waals surface area contributed by atoms with Gasteiger partial charge in [0.1, 0.15) is 11.6 Å². The Labute approximate surface area is 199 Å². The quantitative estimate of drug-likeness (QED) is 0.306. The molecule has 1 aromatic heterocycles. The van der Waals surface area contributed by atoms with E-state index in [-0.39, 0.29) is 5.91 Å². The average molecular weight is 462 g/mol. The second-order valence-corrected chi connectivity index (χ2v) is 8.59. The first-order valence-corrected chi connectivity index (χ1v) is 11.6. The highest BCUT2D eigenvalue weighted by atomic mass is 35.5. The molecule has 0 bridgehead atoms. The Kier molecular flexibility index (Phi) is 7.30. The Morgan fingerprint density at radius 3 is 2.61 bits per heavy atom. The summed E-state index contributed by atoms with van der Waals surface area (Å²) in [7, 11) is 0. The number of hydrogen-bond acceptors (Lipinski definition) is 3. The number of benzene rings is 3. The molecule has 0 radical (unpaired) electrons. The van der Waals surface area contributed by atoms with Gasteiger partial charge in [0.15, 0.2) is 0 Å². The smallest absolute Gasteiger partial charge is 0.251 e. The van der Waals surface area contributed by atoms with Gasteiger partial charge in [-0.1, -0.05) is 41.4 Å². The summed E-state index contributed by atoms with van der Waals surface area (Å²) in [4.78, 5) is 17.3. The van der Waals surface area contributed by atoms with Crippen molar-refractivity contribution >= 4 is 28.5 Å². The Morgan fingerprint density at radius 2 is 1.82 bits per heavy atom. The van der Waals surface area contributed by atoms with E-state index in [1.54, 1.807) is 0 Å². The van der Waals surface area contributed by atoms with Crippen LogP contribution in [0.2, 0.25) is 5.02 Å². The van der Waals surface area contributed by atoms with E-state index in [0.29, 0.717) is 18.7 Å². The number of carbonyl (C=O) groups excluding carboxylic acids is 1. The third kappa shape index (κ3) is 5.74. The molecule has 33 heavy (non-hydrogen) atoms. The second-order valence-electron chi connectivity index (χ2n) is 8.18. The number of unbranched alkanes of at least 4 members (excludes halogenated alkanes) is 1. The lowest BCUT2D eigenvalue weighted by Crippen LogP contribution is -2.24. The zero-order valence-corrected chi connectivity index (χ0v) is 19.7. The van der Waals surface area contributed by atoms with Crippen molar-refractivity contribution in [3.8, 4) is 5.75 Å². The zero-order chi connectivity index (χ0) is 23.2. The van der Waals surface area contributed by atoms with E-state index in [2.05, 4.69) is 16.0 Å². The second kappa shape index (κ2) is 10.5. The van der Waals surface area contributed by atoms with E-state index in [1.807, 2.05) is 74.5 Å². The zero-order valence-electron chi connectivity index (χ0n) is 19.0. The van der Waals surface area contributed by atoms with Gasteiger partial charge >= 0.3 is 0 Å². The summed E-state index contributed by atoms with van der Waals surface area (Å²) >= 11 is 6.08. The topological polar surface area (TPSA) is 56.2 Å². The van der Waals surface area contributed by atoms with Gasteiger partial charge in [0.05, 0.1) is 24.2 Å². The van der Waals surface area contributed by atoms with E-state index < -0.39 is 0 Å². The van der Waals surface area contributed by atoms with E-state index in [9.17, 15) is 4.79 Å². The lowest BCUT2D eigenvalue weighted by atomic mass is 10.1. The van der Waals surface area contributed by atoms with Gasteiger partial charge in [-0.25, -0.2) is 4.98 Å². The number of halogens is 1. The number of fused-ring (bicyclic) bond motifs is 1. The molecule has 1 amide bonds. The number of nitrogens with zero attached hydrogens (tertiary/aromatic N) is 2. The number of imidazole rings is 1. The Bertz CT molecular complexity index is 1250. The summed E-state index contributed by atoms with van der Waals surface area (Å²) < 4.78 is 8.07. The summed E-state index contributed by atoms with van der Waals surface area (Å²) in [5.74, 6) is 1.59. The van der Waals surface area contributed by atoms with Gasteiger partial charge in [-0.2, -0.15) is 0 Å². The Morgan fingerprint density at radius 1 is 1.03 bits per heavy atom. The highest BCUT2D eigenvalue weighted by molar-refractivity contribution is 6.31. The summed E-state index contributed by atoms with van der Waals surface area (Å²) in [6, 6.07) is 21.4. The monoisotopic (exact) mass is 461 g/mol. The first-order valence-electron chi connectivity index (χ1n) is 11.2. The third-order valence-corrected chi connectivity index (χ3v) is 6.05. The fourth-order valence-corrected chi connectivity index (χ4v) is 3.86. The molecule has 4 rings (SSSR count). The molecule has 0 aliphatic rings. The molecule has 170 valence electrons. The summed E-state index contributed by atoms with van der Waals surface area (Å²) in [5, 5.41) is 3.76. The summed E-state index contributed by atoms with van der Waals surface area (Å²) in [5.41, 5.74) is 4.80. The molecule has 0 atom stereocenters. The maximum Gasteiger partial charge on any atom is 0.251 e. The number of carbonyl (C=O) groups is 1. The summed E-state index contributed by atoms with van der Waals surface area (Å²) in [6.07, 6.45) is 1.84. The van der Waals surface area contributed by atoms with Crippen molar-refractivity contribution in [1.82, 2.24) is 14.9 Å². The minimum absolute atomic E-state index is 0.0970. The number of aromatic nitrogens is 2. The molecule has 0 aliphatic carbocycles. The highest BCUT2D eigenvalue weighted by Crippen LogP contribution is 2.21. The average Bonchev–Trinajstić information content (AvgIpc) is 3.17. The van der Waals surface area contributed by atoms with Crippen molar-refractivity contribution in [1.29, 1.82) is 0 Å². The van der Waals surface area contributed by atoms with Crippen LogP contribution >= 0.6 is 11.6 Å². The van der Waals surface area contributed by atoms with Gasteiger partial charge in [0, 0.05) is 17.1 Å². The van der Waals surface area contributed by atoms with Crippen LogP contribution in [-0.4, -0.2) is 22.1 Å². The number of para-hydroxylation sites is 2. The highest BCUT2D eigenvalue weighted by Gasteiger charge is 2.12. The first-order chi connectivity index (χ1) is 16.0. The first kappa shape index (κ1) is 22.9. The van der Waals surface area contributed by atoms with Crippen LogP contribution in [0.25, 0.3) is 11.0 Å². The predicted octanol–water partition coefficient (Wildman–Crippen LogP) is 6.10. The number of ether oxygens (including phenoxy) is 1. The van der Waals surface area contributed by atoms with Gasteiger partial charge in [-0.15, -0.1) is 0 Å². The van der Waals surface area contributed by atoms with E-state index in [1.165, 1.54) is 0 Å². The van der Waals surface area contributed by atoms with Crippen LogP contribution in [0, 0.1) is 13.8 Å². The molecule has 0 saturated carbocycles. The molecule has 1 heterocycles. The van der Waals surface area contributed by atoms with Crippen LogP contribution < -0.4 is 10.1 Å². The fraction of sp³-hybridized carbons (Fsp3) is 0.259. The van der Waals surface area contributed by atoms with Gasteiger partial charge in [0.2, 0.25) is 0 Å². The molecular weight excluding hydrogens is 434 g/mol. The molecule has 0 aliphatic heterocycles. The largest absolute Gasteiger partial charge is 0.494 e. The molecule has 0 saturated heterocycles. The molecule has 0 spiro atoms. The fourth-order valence-electron chi connectivity index (χ4n) is 3.75. The molecule has 6 heteroatoms.